The van der Waals surface area contributed by atoms with Gasteiger partial charge in [-0.1, -0.05) is 10.3 Å². The molecule has 0 aliphatic rings. The minimum absolute atomic E-state index is 0.516. The molecular formula is C17H14N6O2. The maximum atomic E-state index is 5.34. The Bertz CT molecular complexity index is 979. The lowest BCUT2D eigenvalue weighted by atomic mass is 10.1. The van der Waals surface area contributed by atoms with Crippen LogP contribution in [0.4, 0.5) is 0 Å². The van der Waals surface area contributed by atoms with Gasteiger partial charge in [-0.15, -0.1) is 0 Å². The molecule has 8 nitrogen and oxygen atoms in total. The van der Waals surface area contributed by atoms with Crippen molar-refractivity contribution in [3.63, 3.8) is 0 Å². The molecule has 4 heterocycles. The molecule has 0 atom stereocenters. The molecule has 0 spiro atoms. The van der Waals surface area contributed by atoms with Crippen molar-refractivity contribution in [2.24, 2.45) is 0 Å². The number of hydrogen-bond donors (Lipinski definition) is 0. The van der Waals surface area contributed by atoms with E-state index in [1.54, 1.807) is 31.7 Å². The fourth-order valence-corrected chi connectivity index (χ4v) is 2.46. The molecule has 0 N–H and O–H groups in total. The summed E-state index contributed by atoms with van der Waals surface area (Å²) in [6, 6.07) is 5.65. The topological polar surface area (TPSA) is 104 Å². The first-order valence-electron chi connectivity index (χ1n) is 7.76. The Labute approximate surface area is 143 Å². The lowest BCUT2D eigenvalue weighted by Crippen LogP contribution is -1.96. The van der Waals surface area contributed by atoms with Gasteiger partial charge in [0, 0.05) is 49.3 Å². The van der Waals surface area contributed by atoms with E-state index in [1.165, 1.54) is 0 Å². The molecule has 0 aromatic carbocycles. The third-order valence-corrected chi connectivity index (χ3v) is 3.68. The molecule has 0 fully saturated rings. The molecule has 0 aliphatic heterocycles. The van der Waals surface area contributed by atoms with Crippen LogP contribution in [0.5, 0.6) is 0 Å². The second-order valence-electron chi connectivity index (χ2n) is 5.42. The van der Waals surface area contributed by atoms with Crippen molar-refractivity contribution in [2.45, 2.75) is 19.8 Å². The SMILES string of the molecule is Cc1nc(-c2cnccc2CCc2nc(-c3cccnc3)no2)no1. The summed E-state index contributed by atoms with van der Waals surface area (Å²) in [5.41, 5.74) is 2.70. The summed E-state index contributed by atoms with van der Waals surface area (Å²) in [6.45, 7) is 1.75. The van der Waals surface area contributed by atoms with Crippen LogP contribution in [0.15, 0.2) is 52.0 Å². The van der Waals surface area contributed by atoms with Gasteiger partial charge in [-0.05, 0) is 30.2 Å². The molecule has 0 radical (unpaired) electrons. The van der Waals surface area contributed by atoms with Gasteiger partial charge < -0.3 is 9.05 Å². The Morgan fingerprint density at radius 2 is 1.76 bits per heavy atom. The molecule has 8 heteroatoms. The van der Waals surface area contributed by atoms with Crippen molar-refractivity contribution in [1.82, 2.24) is 30.2 Å². The Balaban J connectivity index is 1.52. The van der Waals surface area contributed by atoms with Crippen molar-refractivity contribution in [3.8, 4) is 22.8 Å². The third kappa shape index (κ3) is 3.27. The Hall–Kier alpha value is -3.42. The van der Waals surface area contributed by atoms with Gasteiger partial charge in [-0.2, -0.15) is 9.97 Å². The first kappa shape index (κ1) is 15.1. The number of rotatable bonds is 5. The molecular weight excluding hydrogens is 320 g/mol. The van der Waals surface area contributed by atoms with Crippen LogP contribution >= 0.6 is 0 Å². The zero-order chi connectivity index (χ0) is 17.1. The quantitative estimate of drug-likeness (QED) is 0.548. The van der Waals surface area contributed by atoms with Crippen molar-refractivity contribution in [1.29, 1.82) is 0 Å². The van der Waals surface area contributed by atoms with Crippen LogP contribution in [0.1, 0.15) is 17.3 Å². The zero-order valence-corrected chi connectivity index (χ0v) is 13.5. The van der Waals surface area contributed by atoms with Crippen LogP contribution in [-0.2, 0) is 12.8 Å². The number of nitrogens with zero attached hydrogens (tertiary/aromatic N) is 6. The van der Waals surface area contributed by atoms with Crippen LogP contribution in [0, 0.1) is 6.92 Å². The highest BCUT2D eigenvalue weighted by molar-refractivity contribution is 5.58. The van der Waals surface area contributed by atoms with Gasteiger partial charge in [0.05, 0.1) is 0 Å². The Morgan fingerprint density at radius 3 is 2.56 bits per heavy atom. The molecule has 124 valence electrons. The van der Waals surface area contributed by atoms with Gasteiger partial charge in [-0.25, -0.2) is 0 Å². The van der Waals surface area contributed by atoms with E-state index >= 15 is 0 Å². The minimum Gasteiger partial charge on any atom is -0.339 e. The van der Waals surface area contributed by atoms with Gasteiger partial charge in [0.15, 0.2) is 0 Å². The van der Waals surface area contributed by atoms with Crippen LogP contribution in [0.25, 0.3) is 22.8 Å². The van der Waals surface area contributed by atoms with Gasteiger partial charge >= 0.3 is 0 Å². The molecule has 4 aromatic rings. The molecule has 0 bridgehead atoms. The summed E-state index contributed by atoms with van der Waals surface area (Å²) < 4.78 is 10.4. The summed E-state index contributed by atoms with van der Waals surface area (Å²) in [5, 5.41) is 7.97. The van der Waals surface area contributed by atoms with E-state index in [-0.39, 0.29) is 0 Å². The maximum absolute atomic E-state index is 5.34. The number of aromatic nitrogens is 6. The maximum Gasteiger partial charge on any atom is 0.227 e. The second kappa shape index (κ2) is 6.60. The van der Waals surface area contributed by atoms with Crippen LogP contribution in [0.3, 0.4) is 0 Å². The summed E-state index contributed by atoms with van der Waals surface area (Å²) in [4.78, 5) is 16.9. The lowest BCUT2D eigenvalue weighted by molar-refractivity contribution is 0.379. The van der Waals surface area contributed by atoms with E-state index in [1.807, 2.05) is 18.2 Å². The predicted octanol–water partition coefficient (Wildman–Crippen LogP) is 2.67. The first-order valence-corrected chi connectivity index (χ1v) is 7.76. The van der Waals surface area contributed by atoms with Crippen molar-refractivity contribution in [2.75, 3.05) is 0 Å². The Morgan fingerprint density at radius 1 is 0.880 bits per heavy atom. The molecule has 4 aromatic heterocycles. The first-order chi connectivity index (χ1) is 12.3. The minimum atomic E-state index is 0.516. The van der Waals surface area contributed by atoms with Crippen molar-refractivity contribution in [3.05, 3.63) is 60.3 Å². The number of aryl methyl sites for hydroxylation is 3. The normalized spacial score (nSPS) is 10.9. The highest BCUT2D eigenvalue weighted by Crippen LogP contribution is 2.21. The van der Waals surface area contributed by atoms with Crippen molar-refractivity contribution >= 4 is 0 Å². The van der Waals surface area contributed by atoms with Crippen LogP contribution in [0.2, 0.25) is 0 Å². The second-order valence-corrected chi connectivity index (χ2v) is 5.42. The van der Waals surface area contributed by atoms with Gasteiger partial charge in [-0.3, -0.25) is 9.97 Å². The highest BCUT2D eigenvalue weighted by Gasteiger charge is 2.13. The predicted molar refractivity (Wildman–Crippen MR) is 87.2 cm³/mol. The average Bonchev–Trinajstić information content (AvgIpc) is 3.30. The highest BCUT2D eigenvalue weighted by atomic mass is 16.5. The van der Waals surface area contributed by atoms with E-state index < -0.39 is 0 Å². The summed E-state index contributed by atoms with van der Waals surface area (Å²) in [7, 11) is 0. The summed E-state index contributed by atoms with van der Waals surface area (Å²) in [6.07, 6.45) is 8.17. The lowest BCUT2D eigenvalue weighted by Gasteiger charge is -2.03. The number of pyridine rings is 2. The van der Waals surface area contributed by atoms with E-state index in [0.29, 0.717) is 36.3 Å². The molecule has 0 amide bonds. The molecule has 0 saturated heterocycles. The van der Waals surface area contributed by atoms with E-state index in [0.717, 1.165) is 16.7 Å². The monoisotopic (exact) mass is 334 g/mol. The molecule has 0 saturated carbocycles. The fraction of sp³-hybridized carbons (Fsp3) is 0.176. The number of hydrogen-bond acceptors (Lipinski definition) is 8. The molecule has 0 unspecified atom stereocenters. The summed E-state index contributed by atoms with van der Waals surface area (Å²) >= 11 is 0. The Kier molecular flexibility index (Phi) is 3.99. The van der Waals surface area contributed by atoms with Gasteiger partial charge in [0.1, 0.15) is 0 Å². The van der Waals surface area contributed by atoms with E-state index in [9.17, 15) is 0 Å². The third-order valence-electron chi connectivity index (χ3n) is 3.68. The smallest absolute Gasteiger partial charge is 0.227 e. The summed E-state index contributed by atoms with van der Waals surface area (Å²) in [5.74, 6) is 2.14. The average molecular weight is 334 g/mol. The van der Waals surface area contributed by atoms with Crippen molar-refractivity contribution < 1.29 is 9.05 Å². The fourth-order valence-electron chi connectivity index (χ4n) is 2.46. The van der Waals surface area contributed by atoms with Gasteiger partial charge in [0.2, 0.25) is 23.4 Å². The van der Waals surface area contributed by atoms with Crippen LogP contribution < -0.4 is 0 Å². The molecule has 4 rings (SSSR count). The van der Waals surface area contributed by atoms with Gasteiger partial charge in [0.25, 0.3) is 0 Å². The zero-order valence-electron chi connectivity index (χ0n) is 13.5. The van der Waals surface area contributed by atoms with E-state index in [4.69, 9.17) is 9.05 Å². The van der Waals surface area contributed by atoms with E-state index in [2.05, 4.69) is 30.2 Å². The standard InChI is InChI=1S/C17H14N6O2/c1-11-20-17(23-24-11)14-10-19-8-6-12(14)4-5-15-21-16(22-25-15)13-3-2-7-18-9-13/h2-3,6-10H,4-5H2,1H3. The largest absolute Gasteiger partial charge is 0.339 e. The molecule has 25 heavy (non-hydrogen) atoms. The van der Waals surface area contributed by atoms with Crippen LogP contribution in [-0.4, -0.2) is 30.2 Å². The molecule has 0 aliphatic carbocycles.